The number of hydrogen-bond donors (Lipinski definition) is 0. The Morgan fingerprint density at radius 2 is 1.76 bits per heavy atom. The lowest BCUT2D eigenvalue weighted by molar-refractivity contribution is -0.0896. The predicted octanol–water partition coefficient (Wildman–Crippen LogP) is 7.64. The SMILES string of the molecule is C=C1CC2CCCCC2(C)C2CCC3(C)C(C(C)CCC)CCC3C12. The number of allylic oxidation sites excluding steroid dienone is 1. The molecule has 0 saturated heterocycles. The van der Waals surface area contributed by atoms with E-state index in [9.17, 15) is 0 Å². The van der Waals surface area contributed by atoms with Gasteiger partial charge in [0.1, 0.15) is 0 Å². The summed E-state index contributed by atoms with van der Waals surface area (Å²) in [5.41, 5.74) is 2.92. The van der Waals surface area contributed by atoms with Crippen molar-refractivity contribution in [3.8, 4) is 0 Å². The molecule has 0 aliphatic heterocycles. The van der Waals surface area contributed by atoms with E-state index in [-0.39, 0.29) is 0 Å². The second-order valence-corrected chi connectivity index (χ2v) is 11.0. The summed E-state index contributed by atoms with van der Waals surface area (Å²) in [7, 11) is 0. The Morgan fingerprint density at radius 3 is 2.52 bits per heavy atom. The second kappa shape index (κ2) is 6.42. The van der Waals surface area contributed by atoms with Crippen molar-refractivity contribution in [2.24, 2.45) is 46.3 Å². The molecule has 0 radical (unpaired) electrons. The second-order valence-electron chi connectivity index (χ2n) is 11.0. The topological polar surface area (TPSA) is 0 Å². The number of rotatable bonds is 3. The normalized spacial score (nSPS) is 50.7. The Hall–Kier alpha value is -0.260. The summed E-state index contributed by atoms with van der Waals surface area (Å²) in [6.07, 6.45) is 16.1. The maximum absolute atomic E-state index is 4.72. The quantitative estimate of drug-likeness (QED) is 0.462. The van der Waals surface area contributed by atoms with E-state index in [1.807, 2.05) is 0 Å². The van der Waals surface area contributed by atoms with Crippen LogP contribution >= 0.6 is 0 Å². The van der Waals surface area contributed by atoms with Gasteiger partial charge >= 0.3 is 0 Å². The zero-order valence-corrected chi connectivity index (χ0v) is 17.4. The molecule has 0 bridgehead atoms. The van der Waals surface area contributed by atoms with Gasteiger partial charge in [-0.25, -0.2) is 0 Å². The highest BCUT2D eigenvalue weighted by Crippen LogP contribution is 2.69. The van der Waals surface area contributed by atoms with Gasteiger partial charge in [0.15, 0.2) is 0 Å². The molecular weight excluding hydrogens is 300 g/mol. The van der Waals surface area contributed by atoms with E-state index in [0.29, 0.717) is 10.8 Å². The van der Waals surface area contributed by atoms with Crippen LogP contribution in [0.4, 0.5) is 0 Å². The third-order valence-corrected chi connectivity index (χ3v) is 10.1. The molecule has 8 atom stereocenters. The van der Waals surface area contributed by atoms with Crippen LogP contribution in [0.15, 0.2) is 12.2 Å². The van der Waals surface area contributed by atoms with Gasteiger partial charge in [0, 0.05) is 0 Å². The lowest BCUT2D eigenvalue weighted by Gasteiger charge is -2.61. The van der Waals surface area contributed by atoms with Crippen molar-refractivity contribution in [3.05, 3.63) is 12.2 Å². The van der Waals surface area contributed by atoms with Crippen LogP contribution in [0.5, 0.6) is 0 Å². The summed E-state index contributed by atoms with van der Waals surface area (Å²) in [6, 6.07) is 0. The number of fused-ring (bicyclic) bond motifs is 5. The van der Waals surface area contributed by atoms with Gasteiger partial charge in [-0.05, 0) is 91.3 Å². The monoisotopic (exact) mass is 342 g/mol. The summed E-state index contributed by atoms with van der Waals surface area (Å²) in [5.74, 6) is 5.61. The summed E-state index contributed by atoms with van der Waals surface area (Å²) >= 11 is 0. The van der Waals surface area contributed by atoms with E-state index in [1.54, 1.807) is 5.57 Å². The van der Waals surface area contributed by atoms with E-state index in [2.05, 4.69) is 27.7 Å². The van der Waals surface area contributed by atoms with Gasteiger partial charge in [-0.1, -0.05) is 65.5 Å². The van der Waals surface area contributed by atoms with Crippen LogP contribution in [-0.2, 0) is 0 Å². The van der Waals surface area contributed by atoms with Crippen molar-refractivity contribution in [2.75, 3.05) is 0 Å². The summed E-state index contributed by atoms with van der Waals surface area (Å²) in [5, 5.41) is 0. The van der Waals surface area contributed by atoms with Gasteiger partial charge in [0.2, 0.25) is 0 Å². The first-order chi connectivity index (χ1) is 11.9. The standard InChI is InChI=1S/C25H42/c1-6-9-17(2)20-11-12-21-23-18(3)16-19-10-7-8-14-24(19,4)22(23)13-15-25(20,21)5/h17,19-23H,3,6-16H2,1-2,4-5H3. The molecule has 4 aliphatic rings. The lowest BCUT2D eigenvalue weighted by atomic mass is 9.43. The van der Waals surface area contributed by atoms with Crippen molar-refractivity contribution < 1.29 is 0 Å². The van der Waals surface area contributed by atoms with Gasteiger partial charge in [0.05, 0.1) is 0 Å². The highest BCUT2D eigenvalue weighted by molar-refractivity contribution is 5.21. The Labute approximate surface area is 157 Å². The molecule has 0 aromatic heterocycles. The minimum Gasteiger partial charge on any atom is -0.0995 e. The summed E-state index contributed by atoms with van der Waals surface area (Å²) < 4.78 is 0. The third kappa shape index (κ3) is 2.60. The zero-order chi connectivity index (χ0) is 17.8. The fraction of sp³-hybridized carbons (Fsp3) is 0.920. The van der Waals surface area contributed by atoms with Crippen molar-refractivity contribution >= 4 is 0 Å². The lowest BCUT2D eigenvalue weighted by Crippen LogP contribution is -2.53. The molecule has 4 saturated carbocycles. The molecule has 4 rings (SSSR count). The first-order valence-corrected chi connectivity index (χ1v) is 11.6. The van der Waals surface area contributed by atoms with Crippen molar-refractivity contribution in [3.63, 3.8) is 0 Å². The fourth-order valence-electron chi connectivity index (χ4n) is 8.79. The van der Waals surface area contributed by atoms with Crippen molar-refractivity contribution in [1.29, 1.82) is 0 Å². The molecule has 0 heterocycles. The van der Waals surface area contributed by atoms with E-state index >= 15 is 0 Å². The van der Waals surface area contributed by atoms with Crippen LogP contribution in [0.3, 0.4) is 0 Å². The van der Waals surface area contributed by atoms with Gasteiger partial charge < -0.3 is 0 Å². The Balaban J connectivity index is 1.63. The highest BCUT2D eigenvalue weighted by Gasteiger charge is 2.60. The van der Waals surface area contributed by atoms with E-state index in [4.69, 9.17) is 6.58 Å². The molecule has 0 aromatic carbocycles. The van der Waals surface area contributed by atoms with Crippen LogP contribution < -0.4 is 0 Å². The van der Waals surface area contributed by atoms with E-state index < -0.39 is 0 Å². The Morgan fingerprint density at radius 1 is 1.00 bits per heavy atom. The fourth-order valence-corrected chi connectivity index (χ4v) is 8.79. The average Bonchev–Trinajstić information content (AvgIpc) is 2.93. The maximum atomic E-state index is 4.72. The summed E-state index contributed by atoms with van der Waals surface area (Å²) in [6.45, 7) is 15.0. The minimum atomic E-state index is 0.608. The Kier molecular flexibility index (Phi) is 4.65. The highest BCUT2D eigenvalue weighted by atomic mass is 14.7. The molecule has 4 fully saturated rings. The van der Waals surface area contributed by atoms with Crippen molar-refractivity contribution in [2.45, 2.75) is 98.3 Å². The van der Waals surface area contributed by atoms with Gasteiger partial charge in [-0.3, -0.25) is 0 Å². The van der Waals surface area contributed by atoms with Crippen molar-refractivity contribution in [1.82, 2.24) is 0 Å². The molecule has 0 spiro atoms. The van der Waals surface area contributed by atoms with Gasteiger partial charge in [0.25, 0.3) is 0 Å². The van der Waals surface area contributed by atoms with E-state index in [1.165, 1.54) is 70.6 Å². The summed E-state index contributed by atoms with van der Waals surface area (Å²) in [4.78, 5) is 0. The third-order valence-electron chi connectivity index (χ3n) is 10.1. The van der Waals surface area contributed by atoms with Crippen LogP contribution in [0.25, 0.3) is 0 Å². The minimum absolute atomic E-state index is 0.608. The van der Waals surface area contributed by atoms with Crippen LogP contribution in [-0.4, -0.2) is 0 Å². The molecule has 142 valence electrons. The first-order valence-electron chi connectivity index (χ1n) is 11.6. The average molecular weight is 343 g/mol. The molecule has 0 N–H and O–H groups in total. The molecular formula is C25H42. The van der Waals surface area contributed by atoms with Gasteiger partial charge in [-0.2, -0.15) is 0 Å². The smallest absolute Gasteiger partial charge is 0.0138 e. The largest absolute Gasteiger partial charge is 0.0995 e. The number of hydrogen-bond acceptors (Lipinski definition) is 0. The van der Waals surface area contributed by atoms with E-state index in [0.717, 1.165) is 35.5 Å². The van der Waals surface area contributed by atoms with Crippen LogP contribution in [0, 0.1) is 46.3 Å². The van der Waals surface area contributed by atoms with Gasteiger partial charge in [-0.15, -0.1) is 0 Å². The molecule has 4 aliphatic carbocycles. The maximum Gasteiger partial charge on any atom is -0.0138 e. The molecule has 0 nitrogen and oxygen atoms in total. The predicted molar refractivity (Wildman–Crippen MR) is 108 cm³/mol. The molecule has 25 heavy (non-hydrogen) atoms. The molecule has 0 heteroatoms. The molecule has 8 unspecified atom stereocenters. The van der Waals surface area contributed by atoms with Crippen LogP contribution in [0.1, 0.15) is 98.3 Å². The molecule has 0 amide bonds. The Bertz CT molecular complexity index is 518. The first kappa shape index (κ1) is 18.1. The zero-order valence-electron chi connectivity index (χ0n) is 17.4. The van der Waals surface area contributed by atoms with Crippen LogP contribution in [0.2, 0.25) is 0 Å². The molecule has 0 aromatic rings.